The summed E-state index contributed by atoms with van der Waals surface area (Å²) in [4.78, 5) is 13.8. The standard InChI is InChI=1S/C15H21NO4/c1-19-13-4-6-14(7-5-13)20-11-8-15(18)16(9-10-17)12-2-3-12/h4-7,12,17H,2-3,8-11H2,1H3. The summed E-state index contributed by atoms with van der Waals surface area (Å²) < 4.78 is 10.6. The number of ether oxygens (including phenoxy) is 2. The van der Waals surface area contributed by atoms with Gasteiger partial charge in [-0.25, -0.2) is 0 Å². The van der Waals surface area contributed by atoms with Gasteiger partial charge in [0.15, 0.2) is 0 Å². The normalized spacial score (nSPS) is 13.9. The minimum Gasteiger partial charge on any atom is -0.497 e. The first kappa shape index (κ1) is 14.7. The Morgan fingerprint density at radius 2 is 1.95 bits per heavy atom. The van der Waals surface area contributed by atoms with Gasteiger partial charge in [-0.15, -0.1) is 0 Å². The fraction of sp³-hybridized carbons (Fsp3) is 0.533. The molecule has 0 heterocycles. The first-order valence-electron chi connectivity index (χ1n) is 6.91. The fourth-order valence-corrected chi connectivity index (χ4v) is 2.08. The number of amides is 1. The molecule has 5 heteroatoms. The lowest BCUT2D eigenvalue weighted by Crippen LogP contribution is -2.36. The molecular formula is C15H21NO4. The molecular weight excluding hydrogens is 258 g/mol. The van der Waals surface area contributed by atoms with Gasteiger partial charge in [-0.3, -0.25) is 4.79 Å². The van der Waals surface area contributed by atoms with Crippen LogP contribution in [0.25, 0.3) is 0 Å². The second-order valence-electron chi connectivity index (χ2n) is 4.82. The first-order valence-corrected chi connectivity index (χ1v) is 6.91. The van der Waals surface area contributed by atoms with Crippen molar-refractivity contribution in [1.29, 1.82) is 0 Å². The second-order valence-corrected chi connectivity index (χ2v) is 4.82. The van der Waals surface area contributed by atoms with E-state index < -0.39 is 0 Å². The molecule has 2 rings (SSSR count). The van der Waals surface area contributed by atoms with Crippen LogP contribution >= 0.6 is 0 Å². The molecule has 0 aromatic heterocycles. The zero-order valence-corrected chi connectivity index (χ0v) is 11.7. The zero-order valence-electron chi connectivity index (χ0n) is 11.7. The lowest BCUT2D eigenvalue weighted by atomic mass is 10.3. The second kappa shape index (κ2) is 7.14. The molecule has 0 bridgehead atoms. The van der Waals surface area contributed by atoms with Crippen LogP contribution in [-0.2, 0) is 4.79 Å². The van der Waals surface area contributed by atoms with Crippen LogP contribution in [0.1, 0.15) is 19.3 Å². The van der Waals surface area contributed by atoms with Crippen molar-refractivity contribution in [2.45, 2.75) is 25.3 Å². The average Bonchev–Trinajstić information content (AvgIpc) is 3.30. The van der Waals surface area contributed by atoms with Crippen LogP contribution in [0.15, 0.2) is 24.3 Å². The third-order valence-electron chi connectivity index (χ3n) is 3.29. The highest BCUT2D eigenvalue weighted by Gasteiger charge is 2.31. The van der Waals surface area contributed by atoms with E-state index in [1.807, 2.05) is 24.3 Å². The number of rotatable bonds is 8. The van der Waals surface area contributed by atoms with Crippen molar-refractivity contribution in [2.24, 2.45) is 0 Å². The Morgan fingerprint density at radius 1 is 1.30 bits per heavy atom. The highest BCUT2D eigenvalue weighted by atomic mass is 16.5. The molecule has 1 aromatic rings. The Kier molecular flexibility index (Phi) is 5.24. The molecule has 0 unspecified atom stereocenters. The summed E-state index contributed by atoms with van der Waals surface area (Å²) in [5.74, 6) is 1.55. The number of hydrogen-bond donors (Lipinski definition) is 1. The van der Waals surface area contributed by atoms with E-state index in [-0.39, 0.29) is 12.5 Å². The van der Waals surface area contributed by atoms with Crippen molar-refractivity contribution in [3.63, 3.8) is 0 Å². The van der Waals surface area contributed by atoms with E-state index in [0.29, 0.717) is 25.6 Å². The van der Waals surface area contributed by atoms with E-state index in [1.54, 1.807) is 12.0 Å². The first-order chi connectivity index (χ1) is 9.74. The van der Waals surface area contributed by atoms with Crippen LogP contribution in [-0.4, -0.2) is 48.8 Å². The number of aliphatic hydroxyl groups is 1. The number of hydrogen-bond acceptors (Lipinski definition) is 4. The van der Waals surface area contributed by atoms with Crippen LogP contribution in [0.5, 0.6) is 11.5 Å². The van der Waals surface area contributed by atoms with Gasteiger partial charge in [-0.05, 0) is 37.1 Å². The molecule has 20 heavy (non-hydrogen) atoms. The maximum Gasteiger partial charge on any atom is 0.226 e. The van der Waals surface area contributed by atoms with Gasteiger partial charge >= 0.3 is 0 Å². The third-order valence-corrected chi connectivity index (χ3v) is 3.29. The van der Waals surface area contributed by atoms with Crippen molar-refractivity contribution < 1.29 is 19.4 Å². The molecule has 0 radical (unpaired) electrons. The molecule has 1 fully saturated rings. The number of methoxy groups -OCH3 is 1. The van der Waals surface area contributed by atoms with E-state index in [9.17, 15) is 4.79 Å². The smallest absolute Gasteiger partial charge is 0.226 e. The Hall–Kier alpha value is -1.75. The Morgan fingerprint density at radius 3 is 2.50 bits per heavy atom. The minimum absolute atomic E-state index is 0.0155. The molecule has 1 saturated carbocycles. The molecule has 1 aromatic carbocycles. The quantitative estimate of drug-likeness (QED) is 0.782. The molecule has 1 aliphatic rings. The van der Waals surface area contributed by atoms with Gasteiger partial charge in [0, 0.05) is 12.6 Å². The summed E-state index contributed by atoms with van der Waals surface area (Å²) in [7, 11) is 1.61. The van der Waals surface area contributed by atoms with E-state index in [0.717, 1.165) is 24.3 Å². The van der Waals surface area contributed by atoms with Gasteiger partial charge in [-0.2, -0.15) is 0 Å². The highest BCUT2D eigenvalue weighted by Crippen LogP contribution is 2.27. The van der Waals surface area contributed by atoms with E-state index in [1.165, 1.54) is 0 Å². The fourth-order valence-electron chi connectivity index (χ4n) is 2.08. The number of nitrogens with zero attached hydrogens (tertiary/aromatic N) is 1. The average molecular weight is 279 g/mol. The largest absolute Gasteiger partial charge is 0.497 e. The van der Waals surface area contributed by atoms with E-state index in [4.69, 9.17) is 14.6 Å². The van der Waals surface area contributed by atoms with Crippen molar-refractivity contribution in [3.05, 3.63) is 24.3 Å². The van der Waals surface area contributed by atoms with Crippen LogP contribution in [0, 0.1) is 0 Å². The number of benzene rings is 1. The van der Waals surface area contributed by atoms with Gasteiger partial charge < -0.3 is 19.5 Å². The molecule has 1 aliphatic carbocycles. The Balaban J connectivity index is 1.74. The van der Waals surface area contributed by atoms with Gasteiger partial charge in [0.1, 0.15) is 11.5 Å². The molecule has 0 saturated heterocycles. The maximum absolute atomic E-state index is 12.0. The molecule has 0 atom stereocenters. The maximum atomic E-state index is 12.0. The van der Waals surface area contributed by atoms with Crippen molar-refractivity contribution in [1.82, 2.24) is 4.90 Å². The lowest BCUT2D eigenvalue weighted by molar-refractivity contribution is -0.132. The van der Waals surface area contributed by atoms with Gasteiger partial charge in [0.25, 0.3) is 0 Å². The predicted octanol–water partition coefficient (Wildman–Crippen LogP) is 1.45. The zero-order chi connectivity index (χ0) is 14.4. The monoisotopic (exact) mass is 279 g/mol. The third kappa shape index (κ3) is 4.13. The Bertz CT molecular complexity index is 428. The van der Waals surface area contributed by atoms with Crippen molar-refractivity contribution in [2.75, 3.05) is 26.9 Å². The molecule has 1 N–H and O–H groups in total. The SMILES string of the molecule is COc1ccc(OCCC(=O)N(CCO)C2CC2)cc1. The topological polar surface area (TPSA) is 59.0 Å². The van der Waals surface area contributed by atoms with Gasteiger partial charge in [0.05, 0.1) is 26.7 Å². The Labute approximate surface area is 119 Å². The predicted molar refractivity (Wildman–Crippen MR) is 74.9 cm³/mol. The van der Waals surface area contributed by atoms with E-state index >= 15 is 0 Å². The summed E-state index contributed by atoms with van der Waals surface area (Å²) in [5.41, 5.74) is 0. The summed E-state index contributed by atoms with van der Waals surface area (Å²) in [6.07, 6.45) is 2.43. The molecule has 1 amide bonds. The van der Waals surface area contributed by atoms with Gasteiger partial charge in [0.2, 0.25) is 5.91 Å². The van der Waals surface area contributed by atoms with Gasteiger partial charge in [-0.1, -0.05) is 0 Å². The number of carbonyl (C=O) groups is 1. The number of aliphatic hydroxyl groups excluding tert-OH is 1. The lowest BCUT2D eigenvalue weighted by Gasteiger charge is -2.21. The molecule has 0 aliphatic heterocycles. The van der Waals surface area contributed by atoms with Crippen LogP contribution < -0.4 is 9.47 Å². The van der Waals surface area contributed by atoms with Crippen LogP contribution in [0.3, 0.4) is 0 Å². The molecule has 110 valence electrons. The summed E-state index contributed by atoms with van der Waals surface area (Å²) in [6, 6.07) is 7.60. The van der Waals surface area contributed by atoms with Crippen LogP contribution in [0.4, 0.5) is 0 Å². The summed E-state index contributed by atoms with van der Waals surface area (Å²) in [6.45, 7) is 0.785. The number of carbonyl (C=O) groups excluding carboxylic acids is 1. The van der Waals surface area contributed by atoms with Crippen LogP contribution in [0.2, 0.25) is 0 Å². The van der Waals surface area contributed by atoms with Crippen molar-refractivity contribution in [3.8, 4) is 11.5 Å². The minimum atomic E-state index is 0.0155. The van der Waals surface area contributed by atoms with Crippen molar-refractivity contribution >= 4 is 5.91 Å². The molecule has 0 spiro atoms. The highest BCUT2D eigenvalue weighted by molar-refractivity contribution is 5.77. The molecule has 5 nitrogen and oxygen atoms in total. The summed E-state index contributed by atoms with van der Waals surface area (Å²) >= 11 is 0. The summed E-state index contributed by atoms with van der Waals surface area (Å²) in [5, 5.41) is 8.98. The van der Waals surface area contributed by atoms with E-state index in [2.05, 4.69) is 0 Å².